The number of ether oxygens (including phenoxy) is 1. The monoisotopic (exact) mass is 386 g/mol. The third-order valence-electron chi connectivity index (χ3n) is 4.67. The number of carboxylic acid groups (broad SMARTS) is 1. The summed E-state index contributed by atoms with van der Waals surface area (Å²) >= 11 is 0. The molecule has 0 radical (unpaired) electrons. The molecule has 0 aliphatic carbocycles. The summed E-state index contributed by atoms with van der Waals surface area (Å²) in [6.07, 6.45) is 2.62. The molecule has 2 heterocycles. The van der Waals surface area contributed by atoms with Gasteiger partial charge in [0.15, 0.2) is 12.4 Å². The van der Waals surface area contributed by atoms with Crippen LogP contribution in [-0.2, 0) is 9.59 Å². The fourth-order valence-corrected chi connectivity index (χ4v) is 3.17. The number of hydrogen-bond acceptors (Lipinski definition) is 5. The molecule has 1 aliphatic rings. The Morgan fingerprint density at radius 2 is 2.11 bits per heavy atom. The second-order valence-electron chi connectivity index (χ2n) is 6.82. The maximum Gasteiger partial charge on any atom is 0.326 e. The van der Waals surface area contributed by atoms with Crippen LogP contribution >= 0.6 is 0 Å². The van der Waals surface area contributed by atoms with Crippen LogP contribution in [0.15, 0.2) is 47.1 Å². The average Bonchev–Trinajstić information content (AvgIpc) is 3.21. The SMILES string of the molecule is CC1CCN(C(=O)COc2cccc(NC(=O)c3ccco3)c2)C(C(=O)O)C1. The van der Waals surface area contributed by atoms with Crippen LogP contribution in [-0.4, -0.2) is 47.0 Å². The number of nitrogens with one attached hydrogen (secondary N) is 1. The molecule has 2 N–H and O–H groups in total. The molecule has 148 valence electrons. The quantitative estimate of drug-likeness (QED) is 0.790. The molecule has 1 aliphatic heterocycles. The Kier molecular flexibility index (Phi) is 5.98. The van der Waals surface area contributed by atoms with Gasteiger partial charge in [0, 0.05) is 18.3 Å². The normalized spacial score (nSPS) is 19.1. The minimum atomic E-state index is -0.998. The first-order valence-corrected chi connectivity index (χ1v) is 9.04. The van der Waals surface area contributed by atoms with Crippen LogP contribution < -0.4 is 10.1 Å². The van der Waals surface area contributed by atoms with Gasteiger partial charge in [-0.25, -0.2) is 4.79 Å². The molecular formula is C20H22N2O6. The second kappa shape index (κ2) is 8.60. The Labute approximate surface area is 162 Å². The number of rotatable bonds is 6. The number of anilines is 1. The van der Waals surface area contributed by atoms with Crippen LogP contribution in [0.4, 0.5) is 5.69 Å². The summed E-state index contributed by atoms with van der Waals surface area (Å²) < 4.78 is 10.6. The fraction of sp³-hybridized carbons (Fsp3) is 0.350. The summed E-state index contributed by atoms with van der Waals surface area (Å²) in [6.45, 7) is 2.12. The Balaban J connectivity index is 1.59. The van der Waals surface area contributed by atoms with Crippen molar-refractivity contribution in [3.63, 3.8) is 0 Å². The van der Waals surface area contributed by atoms with Crippen molar-refractivity contribution in [2.24, 2.45) is 5.92 Å². The Hall–Kier alpha value is -3.29. The molecule has 1 fully saturated rings. The number of carbonyl (C=O) groups excluding carboxylic acids is 2. The highest BCUT2D eigenvalue weighted by Gasteiger charge is 2.34. The number of carbonyl (C=O) groups is 3. The smallest absolute Gasteiger partial charge is 0.326 e. The molecule has 1 aromatic carbocycles. The fourth-order valence-electron chi connectivity index (χ4n) is 3.17. The van der Waals surface area contributed by atoms with Crippen molar-refractivity contribution in [2.45, 2.75) is 25.8 Å². The number of piperidine rings is 1. The van der Waals surface area contributed by atoms with Gasteiger partial charge in [0.05, 0.1) is 6.26 Å². The van der Waals surface area contributed by atoms with Gasteiger partial charge in [0.2, 0.25) is 0 Å². The minimum absolute atomic E-state index is 0.181. The van der Waals surface area contributed by atoms with Crippen molar-refractivity contribution in [3.8, 4) is 5.75 Å². The lowest BCUT2D eigenvalue weighted by molar-refractivity contribution is -0.153. The zero-order valence-corrected chi connectivity index (χ0v) is 15.5. The molecule has 1 aromatic heterocycles. The topological polar surface area (TPSA) is 109 Å². The van der Waals surface area contributed by atoms with Crippen LogP contribution in [0.2, 0.25) is 0 Å². The summed E-state index contributed by atoms with van der Waals surface area (Å²) in [5.41, 5.74) is 0.488. The Morgan fingerprint density at radius 1 is 1.29 bits per heavy atom. The van der Waals surface area contributed by atoms with Crippen molar-refractivity contribution in [1.82, 2.24) is 4.90 Å². The van der Waals surface area contributed by atoms with Crippen LogP contribution in [0.3, 0.4) is 0 Å². The largest absolute Gasteiger partial charge is 0.484 e. The zero-order chi connectivity index (χ0) is 20.1. The third kappa shape index (κ3) is 4.70. The number of amides is 2. The summed E-state index contributed by atoms with van der Waals surface area (Å²) in [6, 6.07) is 8.95. The first-order valence-electron chi connectivity index (χ1n) is 9.04. The van der Waals surface area contributed by atoms with E-state index < -0.39 is 17.9 Å². The summed E-state index contributed by atoms with van der Waals surface area (Å²) in [5, 5.41) is 12.1. The molecule has 2 aromatic rings. The molecule has 1 saturated heterocycles. The first kappa shape index (κ1) is 19.5. The number of carboxylic acids is 1. The number of hydrogen-bond donors (Lipinski definition) is 2. The van der Waals surface area contributed by atoms with Gasteiger partial charge in [-0.2, -0.15) is 0 Å². The minimum Gasteiger partial charge on any atom is -0.484 e. The molecule has 0 spiro atoms. The molecule has 0 bridgehead atoms. The number of nitrogens with zero attached hydrogens (tertiary/aromatic N) is 1. The number of likely N-dealkylation sites (tertiary alicyclic amines) is 1. The molecular weight excluding hydrogens is 364 g/mol. The van der Waals surface area contributed by atoms with Crippen LogP contribution in [0.5, 0.6) is 5.75 Å². The van der Waals surface area contributed by atoms with Gasteiger partial charge in [-0.3, -0.25) is 9.59 Å². The van der Waals surface area contributed by atoms with E-state index in [1.807, 2.05) is 6.92 Å². The van der Waals surface area contributed by atoms with E-state index in [2.05, 4.69) is 5.32 Å². The average molecular weight is 386 g/mol. The number of aliphatic carboxylic acids is 1. The molecule has 0 saturated carbocycles. The standard InChI is InChI=1S/C20H22N2O6/c1-13-7-8-22(16(10-13)20(25)26)18(23)12-28-15-5-2-4-14(11-15)21-19(24)17-6-3-9-27-17/h2-6,9,11,13,16H,7-8,10,12H2,1H3,(H,21,24)(H,25,26). The van der Waals surface area contributed by atoms with Crippen molar-refractivity contribution in [1.29, 1.82) is 0 Å². The molecule has 8 heteroatoms. The Bertz CT molecular complexity index is 848. The zero-order valence-electron chi connectivity index (χ0n) is 15.5. The number of furan rings is 1. The van der Waals surface area contributed by atoms with Gasteiger partial charge >= 0.3 is 5.97 Å². The van der Waals surface area contributed by atoms with E-state index >= 15 is 0 Å². The molecule has 28 heavy (non-hydrogen) atoms. The van der Waals surface area contributed by atoms with Gasteiger partial charge in [0.1, 0.15) is 11.8 Å². The second-order valence-corrected chi connectivity index (χ2v) is 6.82. The molecule has 8 nitrogen and oxygen atoms in total. The first-order chi connectivity index (χ1) is 13.4. The number of benzene rings is 1. The lowest BCUT2D eigenvalue weighted by Gasteiger charge is -2.35. The van der Waals surface area contributed by atoms with E-state index in [-0.39, 0.29) is 24.2 Å². The van der Waals surface area contributed by atoms with Gasteiger partial charge in [-0.1, -0.05) is 13.0 Å². The van der Waals surface area contributed by atoms with Crippen LogP contribution in [0, 0.1) is 5.92 Å². The molecule has 2 amide bonds. The summed E-state index contributed by atoms with van der Waals surface area (Å²) in [7, 11) is 0. The highest BCUT2D eigenvalue weighted by atomic mass is 16.5. The molecule has 2 atom stereocenters. The third-order valence-corrected chi connectivity index (χ3v) is 4.67. The van der Waals surface area contributed by atoms with Crippen molar-refractivity contribution < 1.29 is 28.6 Å². The van der Waals surface area contributed by atoms with Gasteiger partial charge in [-0.15, -0.1) is 0 Å². The van der Waals surface area contributed by atoms with E-state index in [4.69, 9.17) is 9.15 Å². The van der Waals surface area contributed by atoms with Crippen LogP contribution in [0.25, 0.3) is 0 Å². The van der Waals surface area contributed by atoms with E-state index in [9.17, 15) is 19.5 Å². The van der Waals surface area contributed by atoms with Crippen LogP contribution in [0.1, 0.15) is 30.3 Å². The van der Waals surface area contributed by atoms with E-state index in [1.54, 1.807) is 36.4 Å². The van der Waals surface area contributed by atoms with Gasteiger partial charge < -0.3 is 24.5 Å². The van der Waals surface area contributed by atoms with Gasteiger partial charge in [0.25, 0.3) is 11.8 Å². The molecule has 2 unspecified atom stereocenters. The molecule has 3 rings (SSSR count). The maximum absolute atomic E-state index is 12.5. The van der Waals surface area contributed by atoms with Crippen molar-refractivity contribution in [2.75, 3.05) is 18.5 Å². The maximum atomic E-state index is 12.5. The summed E-state index contributed by atoms with van der Waals surface area (Å²) in [5.74, 6) is -0.930. The lowest BCUT2D eigenvalue weighted by atomic mass is 9.92. The van der Waals surface area contributed by atoms with Gasteiger partial charge in [-0.05, 0) is 43.0 Å². The summed E-state index contributed by atoms with van der Waals surface area (Å²) in [4.78, 5) is 37.3. The van der Waals surface area contributed by atoms with Crippen molar-refractivity contribution in [3.05, 3.63) is 48.4 Å². The highest BCUT2D eigenvalue weighted by Crippen LogP contribution is 2.23. The van der Waals surface area contributed by atoms with E-state index in [0.717, 1.165) is 6.42 Å². The van der Waals surface area contributed by atoms with E-state index in [1.165, 1.54) is 11.2 Å². The van der Waals surface area contributed by atoms with Crippen molar-refractivity contribution >= 4 is 23.5 Å². The van der Waals surface area contributed by atoms with E-state index in [0.29, 0.717) is 24.4 Å². The lowest BCUT2D eigenvalue weighted by Crippen LogP contribution is -2.51. The Morgan fingerprint density at radius 3 is 2.82 bits per heavy atom. The highest BCUT2D eigenvalue weighted by molar-refractivity contribution is 6.02. The predicted octanol–water partition coefficient (Wildman–Crippen LogP) is 2.62. The predicted molar refractivity (Wildman–Crippen MR) is 100 cm³/mol.